The standard InChI is InChI=1S/C25H20F2N2O3/c1-14-5-4-6-20(15(14)2)28-23-22(16-7-10-18(32-3)11-8-16)24(30)29(25(23)31)21-13-17(26)9-12-19(21)27/h4-13,28H,1-3H3. The van der Waals surface area contributed by atoms with E-state index in [0.29, 0.717) is 21.9 Å². The second-order valence-electron chi connectivity index (χ2n) is 7.39. The molecule has 7 heteroatoms. The highest BCUT2D eigenvalue weighted by atomic mass is 19.1. The second-order valence-corrected chi connectivity index (χ2v) is 7.39. The van der Waals surface area contributed by atoms with Gasteiger partial charge in [-0.05, 0) is 60.9 Å². The molecule has 0 spiro atoms. The summed E-state index contributed by atoms with van der Waals surface area (Å²) in [4.78, 5) is 27.4. The third kappa shape index (κ3) is 3.62. The number of amides is 2. The van der Waals surface area contributed by atoms with Crippen molar-refractivity contribution in [3.05, 3.63) is 94.7 Å². The Morgan fingerprint density at radius 3 is 2.31 bits per heavy atom. The lowest BCUT2D eigenvalue weighted by atomic mass is 10.0. The zero-order valence-electron chi connectivity index (χ0n) is 17.7. The first-order valence-corrected chi connectivity index (χ1v) is 9.87. The molecule has 0 atom stereocenters. The predicted molar refractivity (Wildman–Crippen MR) is 118 cm³/mol. The molecule has 1 N–H and O–H groups in total. The number of aryl methyl sites for hydroxylation is 1. The van der Waals surface area contributed by atoms with Crippen molar-refractivity contribution >= 4 is 28.8 Å². The van der Waals surface area contributed by atoms with Crippen molar-refractivity contribution < 1.29 is 23.1 Å². The van der Waals surface area contributed by atoms with Crippen LogP contribution in [0.15, 0.2) is 66.4 Å². The zero-order chi connectivity index (χ0) is 23.0. The molecule has 3 aromatic carbocycles. The number of ether oxygens (including phenoxy) is 1. The van der Waals surface area contributed by atoms with Crippen molar-refractivity contribution in [1.82, 2.24) is 0 Å². The summed E-state index contributed by atoms with van der Waals surface area (Å²) in [6.07, 6.45) is 0. The number of carbonyl (C=O) groups is 2. The maximum Gasteiger partial charge on any atom is 0.282 e. The molecule has 162 valence electrons. The number of methoxy groups -OCH3 is 1. The Hall–Kier alpha value is -4.00. The first-order chi connectivity index (χ1) is 15.3. The Balaban J connectivity index is 1.87. The van der Waals surface area contributed by atoms with Crippen LogP contribution in [0.25, 0.3) is 5.57 Å². The number of rotatable bonds is 5. The minimum Gasteiger partial charge on any atom is -0.497 e. The Labute approximate surface area is 183 Å². The van der Waals surface area contributed by atoms with Crippen molar-refractivity contribution in [3.8, 4) is 5.75 Å². The fraction of sp³-hybridized carbons (Fsp3) is 0.120. The highest BCUT2D eigenvalue weighted by Gasteiger charge is 2.41. The number of hydrogen-bond donors (Lipinski definition) is 1. The highest BCUT2D eigenvalue weighted by Crippen LogP contribution is 2.36. The van der Waals surface area contributed by atoms with E-state index in [2.05, 4.69) is 5.32 Å². The van der Waals surface area contributed by atoms with Crippen LogP contribution in [0.2, 0.25) is 0 Å². The second kappa shape index (κ2) is 8.26. The lowest BCUT2D eigenvalue weighted by Gasteiger charge is -2.17. The van der Waals surface area contributed by atoms with Crippen LogP contribution in [0.1, 0.15) is 16.7 Å². The Bertz CT molecular complexity index is 1270. The topological polar surface area (TPSA) is 58.6 Å². The van der Waals surface area contributed by atoms with E-state index >= 15 is 0 Å². The van der Waals surface area contributed by atoms with Gasteiger partial charge < -0.3 is 10.1 Å². The summed E-state index contributed by atoms with van der Waals surface area (Å²) in [5.41, 5.74) is 2.56. The number of nitrogens with zero attached hydrogens (tertiary/aromatic N) is 1. The van der Waals surface area contributed by atoms with Gasteiger partial charge in [-0.2, -0.15) is 0 Å². The van der Waals surface area contributed by atoms with Crippen LogP contribution in [0.3, 0.4) is 0 Å². The average Bonchev–Trinajstić information content (AvgIpc) is 3.02. The summed E-state index contributed by atoms with van der Waals surface area (Å²) in [5, 5.41) is 3.06. The maximum atomic E-state index is 14.5. The normalized spacial score (nSPS) is 13.7. The molecule has 0 bridgehead atoms. The largest absolute Gasteiger partial charge is 0.497 e. The highest BCUT2D eigenvalue weighted by molar-refractivity contribution is 6.46. The fourth-order valence-corrected chi connectivity index (χ4v) is 3.57. The van der Waals surface area contributed by atoms with E-state index in [4.69, 9.17) is 4.74 Å². The molecule has 0 radical (unpaired) electrons. The first kappa shape index (κ1) is 21.2. The van der Waals surface area contributed by atoms with E-state index in [9.17, 15) is 18.4 Å². The Morgan fingerprint density at radius 2 is 1.62 bits per heavy atom. The molecule has 4 rings (SSSR count). The molecule has 32 heavy (non-hydrogen) atoms. The molecule has 0 saturated heterocycles. The van der Waals surface area contributed by atoms with Crippen LogP contribution < -0.4 is 15.0 Å². The van der Waals surface area contributed by atoms with Gasteiger partial charge in [-0.1, -0.05) is 24.3 Å². The number of hydrogen-bond acceptors (Lipinski definition) is 4. The van der Waals surface area contributed by atoms with Crippen molar-refractivity contribution in [1.29, 1.82) is 0 Å². The summed E-state index contributed by atoms with van der Waals surface area (Å²) in [6, 6.07) is 14.7. The number of benzene rings is 3. The molecule has 0 aromatic heterocycles. The SMILES string of the molecule is COc1ccc(C2=C(Nc3cccc(C)c3C)C(=O)N(c3cc(F)ccc3F)C2=O)cc1. The van der Waals surface area contributed by atoms with E-state index in [-0.39, 0.29) is 11.3 Å². The summed E-state index contributed by atoms with van der Waals surface area (Å²) < 4.78 is 33.5. The van der Waals surface area contributed by atoms with E-state index < -0.39 is 29.1 Å². The third-order valence-corrected chi connectivity index (χ3v) is 5.48. The van der Waals surface area contributed by atoms with E-state index in [1.807, 2.05) is 26.0 Å². The molecule has 1 aliphatic heterocycles. The van der Waals surface area contributed by atoms with Crippen LogP contribution in [0.5, 0.6) is 5.75 Å². The first-order valence-electron chi connectivity index (χ1n) is 9.87. The van der Waals surface area contributed by atoms with Gasteiger partial charge in [-0.15, -0.1) is 0 Å². The van der Waals surface area contributed by atoms with Crippen molar-refractivity contribution in [2.45, 2.75) is 13.8 Å². The molecular formula is C25H20F2N2O3. The summed E-state index contributed by atoms with van der Waals surface area (Å²) >= 11 is 0. The van der Waals surface area contributed by atoms with E-state index in [1.54, 1.807) is 30.3 Å². The number of halogens is 2. The van der Waals surface area contributed by atoms with Gasteiger partial charge in [0.2, 0.25) is 0 Å². The van der Waals surface area contributed by atoms with Crippen molar-refractivity contribution in [2.24, 2.45) is 0 Å². The number of nitrogens with one attached hydrogen (secondary N) is 1. The third-order valence-electron chi connectivity index (χ3n) is 5.48. The Morgan fingerprint density at radius 1 is 0.906 bits per heavy atom. The zero-order valence-corrected chi connectivity index (χ0v) is 17.7. The van der Waals surface area contributed by atoms with Crippen LogP contribution in [0.4, 0.5) is 20.2 Å². The molecule has 0 unspecified atom stereocenters. The Kier molecular flexibility index (Phi) is 5.48. The smallest absolute Gasteiger partial charge is 0.282 e. The van der Waals surface area contributed by atoms with Gasteiger partial charge in [-0.25, -0.2) is 13.7 Å². The van der Waals surface area contributed by atoms with Crippen molar-refractivity contribution in [3.63, 3.8) is 0 Å². The number of imide groups is 1. The van der Waals surface area contributed by atoms with E-state index in [0.717, 1.165) is 29.3 Å². The van der Waals surface area contributed by atoms with Crippen LogP contribution in [0, 0.1) is 25.5 Å². The van der Waals surface area contributed by atoms with Gasteiger partial charge in [0.15, 0.2) is 0 Å². The van der Waals surface area contributed by atoms with Crippen molar-refractivity contribution in [2.75, 3.05) is 17.3 Å². The van der Waals surface area contributed by atoms with Gasteiger partial charge in [0.1, 0.15) is 23.1 Å². The number of anilines is 2. The monoisotopic (exact) mass is 434 g/mol. The summed E-state index contributed by atoms with van der Waals surface area (Å²) in [6.45, 7) is 3.81. The van der Waals surface area contributed by atoms with Gasteiger partial charge in [0.05, 0.1) is 18.4 Å². The minimum atomic E-state index is -0.879. The molecule has 5 nitrogen and oxygen atoms in total. The van der Waals surface area contributed by atoms with E-state index in [1.165, 1.54) is 7.11 Å². The van der Waals surface area contributed by atoms with Gasteiger partial charge in [-0.3, -0.25) is 9.59 Å². The maximum absolute atomic E-state index is 14.5. The van der Waals surface area contributed by atoms with Crippen LogP contribution >= 0.6 is 0 Å². The van der Waals surface area contributed by atoms with Gasteiger partial charge >= 0.3 is 0 Å². The molecule has 0 aliphatic carbocycles. The lowest BCUT2D eigenvalue weighted by molar-refractivity contribution is -0.120. The van der Waals surface area contributed by atoms with Crippen LogP contribution in [-0.2, 0) is 9.59 Å². The predicted octanol–water partition coefficient (Wildman–Crippen LogP) is 4.99. The van der Waals surface area contributed by atoms with Gasteiger partial charge in [0.25, 0.3) is 11.8 Å². The molecule has 2 amide bonds. The minimum absolute atomic E-state index is 0.0162. The summed E-state index contributed by atoms with van der Waals surface area (Å²) in [7, 11) is 1.51. The molecule has 1 aliphatic rings. The molecule has 1 heterocycles. The summed E-state index contributed by atoms with van der Waals surface area (Å²) in [5.74, 6) is -2.59. The number of carbonyl (C=O) groups excluding carboxylic acids is 2. The molecule has 3 aromatic rings. The molecular weight excluding hydrogens is 414 g/mol. The van der Waals surface area contributed by atoms with Gasteiger partial charge in [0, 0.05) is 11.8 Å². The average molecular weight is 434 g/mol. The fourth-order valence-electron chi connectivity index (χ4n) is 3.57. The molecule has 0 saturated carbocycles. The molecule has 0 fully saturated rings. The quantitative estimate of drug-likeness (QED) is 0.575. The lowest BCUT2D eigenvalue weighted by Crippen LogP contribution is -2.33. The van der Waals surface area contributed by atoms with Crippen LogP contribution in [-0.4, -0.2) is 18.9 Å².